The van der Waals surface area contributed by atoms with Gasteiger partial charge < -0.3 is 5.73 Å². The Morgan fingerprint density at radius 3 is 2.93 bits per heavy atom. The molecule has 1 unspecified atom stereocenters. The Balaban J connectivity index is 2.84. The fraction of sp³-hybridized carbons (Fsp3) is 0.400. The van der Waals surface area contributed by atoms with Gasteiger partial charge in [0.25, 0.3) is 0 Å². The predicted octanol–water partition coefficient (Wildman–Crippen LogP) is 0.255. The summed E-state index contributed by atoms with van der Waals surface area (Å²) in [6, 6.07) is 1.82. The molecule has 0 amide bonds. The number of pyridine rings is 1. The molecule has 2 rings (SSSR count). The van der Waals surface area contributed by atoms with Crippen molar-refractivity contribution < 1.29 is 0 Å². The van der Waals surface area contributed by atoms with Gasteiger partial charge in [0.05, 0.1) is 17.2 Å². The third-order valence-corrected chi connectivity index (χ3v) is 2.67. The fourth-order valence-corrected chi connectivity index (χ4v) is 1.75. The molecule has 0 fully saturated rings. The van der Waals surface area contributed by atoms with Gasteiger partial charge in [-0.25, -0.2) is 4.79 Å². The second-order valence-corrected chi connectivity index (χ2v) is 3.66. The summed E-state index contributed by atoms with van der Waals surface area (Å²) in [5.74, 6) is 0. The second-order valence-electron chi connectivity index (χ2n) is 3.66. The van der Waals surface area contributed by atoms with Crippen LogP contribution in [0.2, 0.25) is 0 Å². The van der Waals surface area contributed by atoms with Crippen LogP contribution in [0, 0.1) is 0 Å². The molecule has 0 aliphatic heterocycles. The Hall–Kier alpha value is -1.62. The number of hydrogen-bond acceptors (Lipinski definition) is 3. The first kappa shape index (κ1) is 9.92. The summed E-state index contributed by atoms with van der Waals surface area (Å²) < 4.78 is 3.30. The zero-order valence-electron chi connectivity index (χ0n) is 8.84. The smallest absolute Gasteiger partial charge is 0.328 e. The standard InChI is InChI=1S/C10H14N4O/c1-7(5-11)14-9-6-12-4-3-8(9)13(2)10(14)15/h3-4,6-7H,5,11H2,1-2H3. The molecule has 0 saturated heterocycles. The molecular formula is C10H14N4O. The largest absolute Gasteiger partial charge is 0.329 e. The number of fused-ring (bicyclic) bond motifs is 1. The number of imidazole rings is 1. The Morgan fingerprint density at radius 1 is 1.53 bits per heavy atom. The van der Waals surface area contributed by atoms with E-state index in [1.807, 2.05) is 13.0 Å². The van der Waals surface area contributed by atoms with Crippen molar-refractivity contribution in [2.45, 2.75) is 13.0 Å². The number of hydrogen-bond donors (Lipinski definition) is 1. The van der Waals surface area contributed by atoms with E-state index in [1.54, 1.807) is 28.6 Å². The van der Waals surface area contributed by atoms with Crippen LogP contribution in [0.25, 0.3) is 11.0 Å². The summed E-state index contributed by atoms with van der Waals surface area (Å²) in [6.07, 6.45) is 3.38. The molecule has 0 aliphatic rings. The highest BCUT2D eigenvalue weighted by Gasteiger charge is 2.14. The first-order chi connectivity index (χ1) is 7.16. The van der Waals surface area contributed by atoms with Crippen molar-refractivity contribution in [2.75, 3.05) is 6.54 Å². The lowest BCUT2D eigenvalue weighted by atomic mass is 10.3. The highest BCUT2D eigenvalue weighted by atomic mass is 16.1. The Labute approximate surface area is 87.1 Å². The van der Waals surface area contributed by atoms with Gasteiger partial charge >= 0.3 is 5.69 Å². The SMILES string of the molecule is CC(CN)n1c(=O)n(C)c2ccncc21. The number of rotatable bonds is 2. The molecule has 0 bridgehead atoms. The van der Waals surface area contributed by atoms with Crippen molar-refractivity contribution in [3.63, 3.8) is 0 Å². The van der Waals surface area contributed by atoms with Gasteiger partial charge in [0.2, 0.25) is 0 Å². The molecule has 15 heavy (non-hydrogen) atoms. The molecular weight excluding hydrogens is 192 g/mol. The molecule has 5 heteroatoms. The van der Waals surface area contributed by atoms with Gasteiger partial charge in [-0.1, -0.05) is 0 Å². The minimum absolute atomic E-state index is 0.00889. The molecule has 2 aromatic rings. The maximum Gasteiger partial charge on any atom is 0.329 e. The van der Waals surface area contributed by atoms with Gasteiger partial charge in [-0.2, -0.15) is 0 Å². The average molecular weight is 206 g/mol. The van der Waals surface area contributed by atoms with Gasteiger partial charge in [0.15, 0.2) is 0 Å². The van der Waals surface area contributed by atoms with Gasteiger partial charge in [-0.15, -0.1) is 0 Å². The third kappa shape index (κ3) is 1.35. The minimum atomic E-state index is -0.0454. The summed E-state index contributed by atoms with van der Waals surface area (Å²) in [4.78, 5) is 16.0. The zero-order valence-corrected chi connectivity index (χ0v) is 8.84. The third-order valence-electron chi connectivity index (χ3n) is 2.67. The van der Waals surface area contributed by atoms with Crippen LogP contribution < -0.4 is 11.4 Å². The first-order valence-corrected chi connectivity index (χ1v) is 4.87. The maximum absolute atomic E-state index is 11.9. The minimum Gasteiger partial charge on any atom is -0.328 e. The number of nitrogens with zero attached hydrogens (tertiary/aromatic N) is 3. The van der Waals surface area contributed by atoms with Crippen molar-refractivity contribution >= 4 is 11.0 Å². The Morgan fingerprint density at radius 2 is 2.27 bits per heavy atom. The molecule has 0 radical (unpaired) electrons. The van der Waals surface area contributed by atoms with Crippen LogP contribution in [0.15, 0.2) is 23.3 Å². The molecule has 0 spiro atoms. The van der Waals surface area contributed by atoms with Crippen LogP contribution in [0.5, 0.6) is 0 Å². The van der Waals surface area contributed by atoms with E-state index in [0.29, 0.717) is 6.54 Å². The topological polar surface area (TPSA) is 65.8 Å². The number of aromatic nitrogens is 3. The lowest BCUT2D eigenvalue weighted by Gasteiger charge is -2.09. The van der Waals surface area contributed by atoms with Gasteiger partial charge in [0.1, 0.15) is 0 Å². The van der Waals surface area contributed by atoms with Gasteiger partial charge in [-0.05, 0) is 13.0 Å². The van der Waals surface area contributed by atoms with Crippen LogP contribution >= 0.6 is 0 Å². The van der Waals surface area contributed by atoms with E-state index in [9.17, 15) is 4.79 Å². The highest BCUT2D eigenvalue weighted by molar-refractivity contribution is 5.74. The van der Waals surface area contributed by atoms with Crippen LogP contribution in [-0.4, -0.2) is 20.7 Å². The fourth-order valence-electron chi connectivity index (χ4n) is 1.75. The quantitative estimate of drug-likeness (QED) is 0.766. The molecule has 80 valence electrons. The predicted molar refractivity (Wildman–Crippen MR) is 58.7 cm³/mol. The van der Waals surface area contributed by atoms with Crippen LogP contribution in [-0.2, 0) is 7.05 Å². The summed E-state index contributed by atoms with van der Waals surface area (Å²) in [5.41, 5.74) is 7.26. The molecule has 0 saturated carbocycles. The summed E-state index contributed by atoms with van der Waals surface area (Å²) in [5, 5.41) is 0. The molecule has 2 aromatic heterocycles. The second kappa shape index (κ2) is 3.51. The molecule has 2 heterocycles. The highest BCUT2D eigenvalue weighted by Crippen LogP contribution is 2.13. The zero-order chi connectivity index (χ0) is 11.0. The lowest BCUT2D eigenvalue weighted by molar-refractivity contribution is 0.545. The molecule has 0 aliphatic carbocycles. The first-order valence-electron chi connectivity index (χ1n) is 4.87. The van der Waals surface area contributed by atoms with Crippen molar-refractivity contribution in [3.05, 3.63) is 28.9 Å². The van der Waals surface area contributed by atoms with Gasteiger partial charge in [0, 0.05) is 25.8 Å². The van der Waals surface area contributed by atoms with E-state index in [4.69, 9.17) is 5.73 Å². The van der Waals surface area contributed by atoms with Crippen molar-refractivity contribution in [1.29, 1.82) is 0 Å². The molecule has 2 N–H and O–H groups in total. The summed E-state index contributed by atoms with van der Waals surface area (Å²) in [7, 11) is 1.75. The maximum atomic E-state index is 11.9. The van der Waals surface area contributed by atoms with Crippen LogP contribution in [0.4, 0.5) is 0 Å². The van der Waals surface area contributed by atoms with E-state index < -0.39 is 0 Å². The Kier molecular flexibility index (Phi) is 2.32. The van der Waals surface area contributed by atoms with Crippen LogP contribution in [0.3, 0.4) is 0 Å². The Bertz CT molecular complexity index is 540. The molecule has 1 atom stereocenters. The van der Waals surface area contributed by atoms with E-state index in [2.05, 4.69) is 4.98 Å². The molecule has 0 aromatic carbocycles. The van der Waals surface area contributed by atoms with Gasteiger partial charge in [-0.3, -0.25) is 14.1 Å². The van der Waals surface area contributed by atoms with E-state index >= 15 is 0 Å². The van der Waals surface area contributed by atoms with E-state index in [0.717, 1.165) is 11.0 Å². The number of aryl methyl sites for hydroxylation is 1. The van der Waals surface area contributed by atoms with Crippen molar-refractivity contribution in [3.8, 4) is 0 Å². The van der Waals surface area contributed by atoms with Crippen molar-refractivity contribution in [2.24, 2.45) is 12.8 Å². The van der Waals surface area contributed by atoms with Crippen molar-refractivity contribution in [1.82, 2.24) is 14.1 Å². The number of nitrogens with two attached hydrogens (primary N) is 1. The lowest BCUT2D eigenvalue weighted by Crippen LogP contribution is -2.28. The average Bonchev–Trinajstić information content (AvgIpc) is 2.52. The normalized spacial score (nSPS) is 13.3. The summed E-state index contributed by atoms with van der Waals surface area (Å²) in [6.45, 7) is 2.36. The monoisotopic (exact) mass is 206 g/mol. The van der Waals surface area contributed by atoms with E-state index in [1.165, 1.54) is 0 Å². The van der Waals surface area contributed by atoms with Crippen LogP contribution in [0.1, 0.15) is 13.0 Å². The van der Waals surface area contributed by atoms with E-state index in [-0.39, 0.29) is 11.7 Å². The summed E-state index contributed by atoms with van der Waals surface area (Å²) >= 11 is 0. The molecule has 5 nitrogen and oxygen atoms in total.